The van der Waals surface area contributed by atoms with Crippen molar-refractivity contribution in [3.63, 3.8) is 0 Å². The summed E-state index contributed by atoms with van der Waals surface area (Å²) in [6.45, 7) is 4.51. The van der Waals surface area contributed by atoms with Crippen LogP contribution in [-0.4, -0.2) is 54.3 Å². The predicted molar refractivity (Wildman–Crippen MR) is 109 cm³/mol. The summed E-state index contributed by atoms with van der Waals surface area (Å²) in [6.07, 6.45) is 1.11. The summed E-state index contributed by atoms with van der Waals surface area (Å²) in [4.78, 5) is 29.2. The van der Waals surface area contributed by atoms with Crippen molar-refractivity contribution in [3.05, 3.63) is 57.8 Å². The van der Waals surface area contributed by atoms with Crippen LogP contribution in [0.25, 0.3) is 0 Å². The fraction of sp³-hybridized carbons (Fsp3) is 0.381. The number of nitrogens with zero attached hydrogens (tertiary/aromatic N) is 3. The molecule has 1 aliphatic rings. The number of hydrogen-bond donors (Lipinski definition) is 1. The largest absolute Gasteiger partial charge is 0.351 e. The van der Waals surface area contributed by atoms with Crippen LogP contribution in [0.5, 0.6) is 0 Å². The number of rotatable bonds is 7. The van der Waals surface area contributed by atoms with Gasteiger partial charge in [0, 0.05) is 45.7 Å². The molecule has 2 amide bonds. The fourth-order valence-corrected chi connectivity index (χ4v) is 3.83. The minimum Gasteiger partial charge on any atom is -0.351 e. The van der Waals surface area contributed by atoms with Gasteiger partial charge in [-0.15, -0.1) is 11.3 Å². The van der Waals surface area contributed by atoms with Crippen LogP contribution in [-0.2, 0) is 11.3 Å². The summed E-state index contributed by atoms with van der Waals surface area (Å²) in [5.41, 5.74) is 1.85. The average molecular weight is 397 g/mol. The molecule has 0 spiro atoms. The number of piperazine rings is 1. The van der Waals surface area contributed by atoms with Gasteiger partial charge in [-0.25, -0.2) is 0 Å². The molecular weight excluding hydrogens is 372 g/mol. The van der Waals surface area contributed by atoms with Gasteiger partial charge in [-0.3, -0.25) is 14.5 Å². The van der Waals surface area contributed by atoms with E-state index in [1.807, 2.05) is 40.6 Å². The Morgan fingerprint density at radius 3 is 2.50 bits per heavy atom. The van der Waals surface area contributed by atoms with Gasteiger partial charge in [0.25, 0.3) is 5.91 Å². The second-order valence-corrected chi connectivity index (χ2v) is 7.75. The lowest BCUT2D eigenvalue weighted by molar-refractivity contribution is -0.133. The number of thiophene rings is 1. The normalized spacial score (nSPS) is 14.5. The first-order valence-corrected chi connectivity index (χ1v) is 10.3. The Kier molecular flexibility index (Phi) is 7.18. The predicted octanol–water partition coefficient (Wildman–Crippen LogP) is 2.47. The lowest BCUT2D eigenvalue weighted by atomic mass is 10.1. The maximum Gasteiger partial charge on any atom is 0.261 e. The summed E-state index contributed by atoms with van der Waals surface area (Å²) < 4.78 is 0. The zero-order valence-electron chi connectivity index (χ0n) is 15.8. The molecule has 0 aliphatic carbocycles. The van der Waals surface area contributed by atoms with Crippen LogP contribution >= 0.6 is 11.3 Å². The van der Waals surface area contributed by atoms with E-state index in [0.717, 1.165) is 32.7 Å². The maximum absolute atomic E-state index is 12.4. The number of amides is 2. The SMILES string of the molecule is N#Cc1ccc(CN2CCN(C(=O)CCCNC(=O)c3cccs3)CC2)cc1. The van der Waals surface area contributed by atoms with Gasteiger partial charge in [0.2, 0.25) is 5.91 Å². The molecule has 0 atom stereocenters. The van der Waals surface area contributed by atoms with Gasteiger partial charge < -0.3 is 10.2 Å². The molecule has 2 heterocycles. The molecule has 28 heavy (non-hydrogen) atoms. The molecule has 0 radical (unpaired) electrons. The summed E-state index contributed by atoms with van der Waals surface area (Å²) >= 11 is 1.41. The van der Waals surface area contributed by atoms with Crippen molar-refractivity contribution in [2.24, 2.45) is 0 Å². The van der Waals surface area contributed by atoms with Gasteiger partial charge in [0.15, 0.2) is 0 Å². The summed E-state index contributed by atoms with van der Waals surface area (Å²) in [5, 5.41) is 13.6. The molecule has 2 aromatic rings. The van der Waals surface area contributed by atoms with E-state index in [0.29, 0.717) is 29.8 Å². The highest BCUT2D eigenvalue weighted by atomic mass is 32.1. The molecule has 7 heteroatoms. The lowest BCUT2D eigenvalue weighted by Crippen LogP contribution is -2.48. The van der Waals surface area contributed by atoms with Crippen molar-refractivity contribution in [3.8, 4) is 6.07 Å². The van der Waals surface area contributed by atoms with E-state index in [-0.39, 0.29) is 11.8 Å². The second-order valence-electron chi connectivity index (χ2n) is 6.80. The van der Waals surface area contributed by atoms with Crippen LogP contribution in [0.1, 0.15) is 33.6 Å². The smallest absolute Gasteiger partial charge is 0.261 e. The molecule has 1 N–H and O–H groups in total. The summed E-state index contributed by atoms with van der Waals surface area (Å²) in [5.74, 6) is 0.0854. The third-order valence-corrected chi connectivity index (χ3v) is 5.68. The van der Waals surface area contributed by atoms with E-state index in [4.69, 9.17) is 5.26 Å². The van der Waals surface area contributed by atoms with Crippen molar-refractivity contribution in [2.75, 3.05) is 32.7 Å². The van der Waals surface area contributed by atoms with Gasteiger partial charge in [-0.1, -0.05) is 18.2 Å². The number of hydrogen-bond acceptors (Lipinski definition) is 5. The number of nitrogens with one attached hydrogen (secondary N) is 1. The van der Waals surface area contributed by atoms with Gasteiger partial charge >= 0.3 is 0 Å². The third-order valence-electron chi connectivity index (χ3n) is 4.81. The Morgan fingerprint density at radius 1 is 1.11 bits per heavy atom. The van der Waals surface area contributed by atoms with Gasteiger partial charge in [-0.2, -0.15) is 5.26 Å². The molecule has 0 bridgehead atoms. The van der Waals surface area contributed by atoms with E-state index in [1.54, 1.807) is 6.07 Å². The van der Waals surface area contributed by atoms with Gasteiger partial charge in [-0.05, 0) is 35.6 Å². The van der Waals surface area contributed by atoms with Crippen LogP contribution in [0.2, 0.25) is 0 Å². The monoisotopic (exact) mass is 396 g/mol. The average Bonchev–Trinajstić information content (AvgIpc) is 3.27. The fourth-order valence-electron chi connectivity index (χ4n) is 3.19. The number of nitriles is 1. The molecule has 1 saturated heterocycles. The molecule has 1 aromatic heterocycles. The van der Waals surface area contributed by atoms with Gasteiger partial charge in [0.1, 0.15) is 0 Å². The first-order chi connectivity index (χ1) is 13.7. The number of benzene rings is 1. The van der Waals surface area contributed by atoms with Crippen LogP contribution in [0.3, 0.4) is 0 Å². The van der Waals surface area contributed by atoms with Crippen molar-refractivity contribution in [1.82, 2.24) is 15.1 Å². The minimum absolute atomic E-state index is 0.0705. The quantitative estimate of drug-likeness (QED) is 0.730. The van der Waals surface area contributed by atoms with Crippen molar-refractivity contribution < 1.29 is 9.59 Å². The van der Waals surface area contributed by atoms with E-state index in [1.165, 1.54) is 16.9 Å². The van der Waals surface area contributed by atoms with E-state index < -0.39 is 0 Å². The van der Waals surface area contributed by atoms with Crippen molar-refractivity contribution >= 4 is 23.2 Å². The van der Waals surface area contributed by atoms with Crippen LogP contribution in [0.15, 0.2) is 41.8 Å². The first kappa shape index (κ1) is 20.1. The number of carbonyl (C=O) groups excluding carboxylic acids is 2. The molecule has 146 valence electrons. The Hall–Kier alpha value is -2.69. The molecule has 6 nitrogen and oxygen atoms in total. The Morgan fingerprint density at radius 2 is 1.86 bits per heavy atom. The van der Waals surface area contributed by atoms with Crippen LogP contribution < -0.4 is 5.32 Å². The lowest BCUT2D eigenvalue weighted by Gasteiger charge is -2.34. The molecule has 1 aromatic carbocycles. The highest BCUT2D eigenvalue weighted by Gasteiger charge is 2.20. The molecule has 3 rings (SSSR count). The van der Waals surface area contributed by atoms with Crippen LogP contribution in [0, 0.1) is 11.3 Å². The highest BCUT2D eigenvalue weighted by molar-refractivity contribution is 7.12. The first-order valence-electron chi connectivity index (χ1n) is 9.46. The Balaban J connectivity index is 1.33. The third kappa shape index (κ3) is 5.65. The minimum atomic E-state index is -0.0705. The van der Waals surface area contributed by atoms with E-state index >= 15 is 0 Å². The second kappa shape index (κ2) is 10.0. The molecule has 0 unspecified atom stereocenters. The molecule has 1 aliphatic heterocycles. The summed E-state index contributed by atoms with van der Waals surface area (Å²) in [6, 6.07) is 13.4. The van der Waals surface area contributed by atoms with Gasteiger partial charge in [0.05, 0.1) is 16.5 Å². The van der Waals surface area contributed by atoms with E-state index in [9.17, 15) is 9.59 Å². The summed E-state index contributed by atoms with van der Waals surface area (Å²) in [7, 11) is 0. The van der Waals surface area contributed by atoms with Crippen LogP contribution in [0.4, 0.5) is 0 Å². The Labute approximate surface area is 169 Å². The molecule has 0 saturated carbocycles. The Bertz CT molecular complexity index is 819. The topological polar surface area (TPSA) is 76.4 Å². The van der Waals surface area contributed by atoms with E-state index in [2.05, 4.69) is 16.3 Å². The zero-order valence-corrected chi connectivity index (χ0v) is 16.6. The number of carbonyl (C=O) groups is 2. The standard InChI is InChI=1S/C21H24N4O2S/c22-15-17-5-7-18(8-6-17)16-24-10-12-25(13-11-24)20(26)4-1-9-23-21(27)19-3-2-14-28-19/h2-3,5-8,14H,1,4,9-13,16H2,(H,23,27). The molecule has 1 fully saturated rings. The highest BCUT2D eigenvalue weighted by Crippen LogP contribution is 2.11. The zero-order chi connectivity index (χ0) is 19.8. The molecular formula is C21H24N4O2S. The van der Waals surface area contributed by atoms with Crippen molar-refractivity contribution in [1.29, 1.82) is 5.26 Å². The maximum atomic E-state index is 12.4. The van der Waals surface area contributed by atoms with Crippen molar-refractivity contribution in [2.45, 2.75) is 19.4 Å².